The predicted octanol–water partition coefficient (Wildman–Crippen LogP) is 3.69. The van der Waals surface area contributed by atoms with Crippen molar-refractivity contribution in [1.29, 1.82) is 0 Å². The van der Waals surface area contributed by atoms with Crippen LogP contribution in [0.5, 0.6) is 5.75 Å². The molecule has 0 radical (unpaired) electrons. The van der Waals surface area contributed by atoms with Crippen LogP contribution in [0.2, 0.25) is 0 Å². The van der Waals surface area contributed by atoms with Gasteiger partial charge in [-0.3, -0.25) is 9.59 Å². The van der Waals surface area contributed by atoms with Gasteiger partial charge in [-0.1, -0.05) is 24.3 Å². The number of carbonyl (C=O) groups is 1. The Morgan fingerprint density at radius 1 is 1.07 bits per heavy atom. The van der Waals surface area contributed by atoms with E-state index >= 15 is 0 Å². The first-order valence-electron chi connectivity index (χ1n) is 10.1. The maximum atomic E-state index is 13.4. The number of para-hydroxylation sites is 1. The quantitative estimate of drug-likeness (QED) is 0.625. The minimum atomic E-state index is -0.485. The second kappa shape index (κ2) is 7.95. The van der Waals surface area contributed by atoms with Crippen LogP contribution in [0.1, 0.15) is 41.6 Å². The van der Waals surface area contributed by atoms with Crippen molar-refractivity contribution >= 4 is 16.9 Å². The lowest BCUT2D eigenvalue weighted by atomic mass is 9.98. The van der Waals surface area contributed by atoms with Crippen molar-refractivity contribution in [2.45, 2.75) is 26.0 Å². The summed E-state index contributed by atoms with van der Waals surface area (Å²) in [5, 5.41) is 0.489. The molecule has 2 heterocycles. The van der Waals surface area contributed by atoms with E-state index in [9.17, 15) is 9.59 Å². The van der Waals surface area contributed by atoms with E-state index in [1.54, 1.807) is 29.2 Å². The summed E-state index contributed by atoms with van der Waals surface area (Å²) in [6.45, 7) is 5.11. The molecule has 0 unspecified atom stereocenters. The van der Waals surface area contributed by atoms with Crippen LogP contribution in [-0.2, 0) is 0 Å². The Kier molecular flexibility index (Phi) is 5.35. The molecule has 0 saturated carbocycles. The summed E-state index contributed by atoms with van der Waals surface area (Å²) in [4.78, 5) is 30.4. The van der Waals surface area contributed by atoms with Gasteiger partial charge in [0.2, 0.25) is 5.76 Å². The van der Waals surface area contributed by atoms with Gasteiger partial charge in [0.05, 0.1) is 23.1 Å². The topological polar surface area (TPSA) is 63.0 Å². The summed E-state index contributed by atoms with van der Waals surface area (Å²) < 4.78 is 11.7. The highest BCUT2D eigenvalue weighted by Crippen LogP contribution is 2.38. The van der Waals surface area contributed by atoms with Crippen LogP contribution in [0.4, 0.5) is 0 Å². The van der Waals surface area contributed by atoms with E-state index in [0.717, 1.165) is 11.3 Å². The zero-order valence-electron chi connectivity index (χ0n) is 17.7. The highest BCUT2D eigenvalue weighted by molar-refractivity contribution is 5.99. The first-order valence-corrected chi connectivity index (χ1v) is 10.1. The van der Waals surface area contributed by atoms with E-state index in [1.807, 2.05) is 57.1 Å². The van der Waals surface area contributed by atoms with Crippen LogP contribution in [0, 0.1) is 0 Å². The van der Waals surface area contributed by atoms with Crippen LogP contribution in [0.25, 0.3) is 11.0 Å². The summed E-state index contributed by atoms with van der Waals surface area (Å²) in [5.41, 5.74) is 1.55. The lowest BCUT2D eigenvalue weighted by Crippen LogP contribution is -2.35. The van der Waals surface area contributed by atoms with Crippen LogP contribution >= 0.6 is 0 Å². The highest BCUT2D eigenvalue weighted by atomic mass is 16.5. The van der Waals surface area contributed by atoms with Crippen molar-refractivity contribution in [2.75, 3.05) is 27.2 Å². The Morgan fingerprint density at radius 2 is 1.77 bits per heavy atom. The summed E-state index contributed by atoms with van der Waals surface area (Å²) in [5.74, 6) is 0.649. The minimum absolute atomic E-state index is 0.0691. The van der Waals surface area contributed by atoms with Crippen molar-refractivity contribution in [3.8, 4) is 5.75 Å². The van der Waals surface area contributed by atoms with Crippen LogP contribution in [-0.4, -0.2) is 49.0 Å². The molecular weight excluding hydrogens is 380 g/mol. The molecule has 0 bridgehead atoms. The van der Waals surface area contributed by atoms with Crippen molar-refractivity contribution in [3.63, 3.8) is 0 Å². The molecule has 1 amide bonds. The largest absolute Gasteiger partial charge is 0.491 e. The first-order chi connectivity index (χ1) is 14.4. The highest BCUT2D eigenvalue weighted by Gasteiger charge is 2.42. The molecule has 1 atom stereocenters. The summed E-state index contributed by atoms with van der Waals surface area (Å²) in [7, 11) is 3.91. The van der Waals surface area contributed by atoms with Gasteiger partial charge in [-0.05, 0) is 57.8 Å². The number of ether oxygens (including phenoxy) is 1. The van der Waals surface area contributed by atoms with E-state index in [0.29, 0.717) is 29.6 Å². The number of likely N-dealkylation sites (N-methyl/N-ethyl adjacent to an activating group) is 1. The molecule has 0 saturated heterocycles. The monoisotopic (exact) mass is 406 g/mol. The molecule has 6 heteroatoms. The van der Waals surface area contributed by atoms with Crippen molar-refractivity contribution < 1.29 is 13.9 Å². The molecule has 4 rings (SSSR count). The smallest absolute Gasteiger partial charge is 0.290 e. The Hall–Kier alpha value is -3.12. The van der Waals surface area contributed by atoms with Crippen molar-refractivity contribution in [1.82, 2.24) is 9.80 Å². The van der Waals surface area contributed by atoms with E-state index in [1.165, 1.54) is 0 Å². The maximum absolute atomic E-state index is 13.4. The number of carbonyl (C=O) groups excluding carboxylic acids is 1. The third-order valence-corrected chi connectivity index (χ3v) is 5.23. The second-order valence-corrected chi connectivity index (χ2v) is 8.11. The van der Waals surface area contributed by atoms with Gasteiger partial charge in [0.25, 0.3) is 5.91 Å². The third kappa shape index (κ3) is 3.59. The van der Waals surface area contributed by atoms with Gasteiger partial charge < -0.3 is 19.0 Å². The molecule has 1 aliphatic heterocycles. The summed E-state index contributed by atoms with van der Waals surface area (Å²) >= 11 is 0. The number of fused-ring (bicyclic) bond motifs is 2. The molecular formula is C24H26N2O4. The molecule has 3 aromatic rings. The maximum Gasteiger partial charge on any atom is 0.290 e. The number of hydrogen-bond donors (Lipinski definition) is 0. The molecule has 1 aromatic heterocycles. The minimum Gasteiger partial charge on any atom is -0.491 e. The summed E-state index contributed by atoms with van der Waals surface area (Å²) in [6.07, 6.45) is 0.0691. The van der Waals surface area contributed by atoms with Crippen LogP contribution in [0.3, 0.4) is 0 Å². The average molecular weight is 406 g/mol. The number of nitrogens with zero attached hydrogens (tertiary/aromatic N) is 2. The average Bonchev–Trinajstić information content (AvgIpc) is 2.99. The fourth-order valence-electron chi connectivity index (χ4n) is 3.85. The standard InChI is InChI=1S/C24H26N2O4/c1-15(2)29-17-11-9-16(10-12-17)21-20-22(27)18-7-5-6-8-19(18)30-23(20)24(28)26(21)14-13-25(3)4/h5-12,15,21H,13-14H2,1-4H3/t21-/m0/s1. The molecule has 0 spiro atoms. The molecule has 6 nitrogen and oxygen atoms in total. The van der Waals surface area contributed by atoms with E-state index in [2.05, 4.69) is 0 Å². The van der Waals surface area contributed by atoms with E-state index in [4.69, 9.17) is 9.15 Å². The van der Waals surface area contributed by atoms with Gasteiger partial charge in [-0.2, -0.15) is 0 Å². The van der Waals surface area contributed by atoms with Gasteiger partial charge in [0.1, 0.15) is 11.3 Å². The normalized spacial score (nSPS) is 16.0. The van der Waals surface area contributed by atoms with Gasteiger partial charge >= 0.3 is 0 Å². The lowest BCUT2D eigenvalue weighted by Gasteiger charge is -2.26. The Labute approximate surface area is 175 Å². The lowest BCUT2D eigenvalue weighted by molar-refractivity contribution is 0.0716. The fourth-order valence-corrected chi connectivity index (χ4v) is 3.85. The molecule has 2 aromatic carbocycles. The van der Waals surface area contributed by atoms with Crippen LogP contribution in [0.15, 0.2) is 57.7 Å². The SMILES string of the molecule is CC(C)Oc1ccc([C@H]2c3c(oc4ccccc4c3=O)C(=O)N2CCN(C)C)cc1. The Morgan fingerprint density at radius 3 is 2.43 bits per heavy atom. The molecule has 1 aliphatic rings. The van der Waals surface area contributed by atoms with Gasteiger partial charge in [0.15, 0.2) is 5.43 Å². The predicted molar refractivity (Wildman–Crippen MR) is 116 cm³/mol. The number of benzene rings is 2. The van der Waals surface area contributed by atoms with E-state index < -0.39 is 6.04 Å². The zero-order valence-corrected chi connectivity index (χ0v) is 17.7. The second-order valence-electron chi connectivity index (χ2n) is 8.11. The number of hydrogen-bond acceptors (Lipinski definition) is 5. The van der Waals surface area contributed by atoms with Crippen molar-refractivity contribution in [3.05, 3.63) is 75.6 Å². The zero-order chi connectivity index (χ0) is 21.4. The van der Waals surface area contributed by atoms with E-state index in [-0.39, 0.29) is 23.2 Å². The fraction of sp³-hybridized carbons (Fsp3) is 0.333. The molecule has 30 heavy (non-hydrogen) atoms. The molecule has 0 fully saturated rings. The number of rotatable bonds is 6. The van der Waals surface area contributed by atoms with Crippen LogP contribution < -0.4 is 10.2 Å². The summed E-state index contributed by atoms with van der Waals surface area (Å²) in [6, 6.07) is 14.2. The Bertz CT molecular complexity index is 1130. The van der Waals surface area contributed by atoms with Crippen molar-refractivity contribution in [2.24, 2.45) is 0 Å². The first kappa shape index (κ1) is 20.2. The third-order valence-electron chi connectivity index (χ3n) is 5.23. The molecule has 156 valence electrons. The number of amides is 1. The van der Waals surface area contributed by atoms with Gasteiger partial charge in [0, 0.05) is 13.1 Å². The Balaban J connectivity index is 1.84. The molecule has 0 N–H and O–H groups in total. The molecule has 0 aliphatic carbocycles. The van der Waals surface area contributed by atoms with Gasteiger partial charge in [-0.25, -0.2) is 0 Å². The van der Waals surface area contributed by atoms with Gasteiger partial charge in [-0.15, -0.1) is 0 Å².